The monoisotopic (exact) mass is 410 g/mol. The van der Waals surface area contributed by atoms with Crippen LogP contribution in [0.2, 0.25) is 0 Å². The molecule has 28 heavy (non-hydrogen) atoms. The predicted molar refractivity (Wildman–Crippen MR) is 99.7 cm³/mol. The molecule has 0 bridgehead atoms. The fourth-order valence-corrected chi connectivity index (χ4v) is 4.36. The van der Waals surface area contributed by atoms with Crippen molar-refractivity contribution in [2.24, 2.45) is 0 Å². The first-order valence-electron chi connectivity index (χ1n) is 8.59. The minimum Gasteiger partial charge on any atom is -0.379 e. The van der Waals surface area contributed by atoms with Crippen molar-refractivity contribution in [1.82, 2.24) is 4.72 Å². The third kappa shape index (κ3) is 4.21. The number of carbonyl (C=O) groups is 1. The van der Waals surface area contributed by atoms with Gasteiger partial charge in [0, 0.05) is 17.7 Å². The van der Waals surface area contributed by atoms with Crippen LogP contribution in [0, 0.1) is 18.6 Å². The SMILES string of the molecule is Cc1c(F)ccc(NC(=O)c2cccc(S(=O)(=O)NC3(C)CCOC3)c2)c1F. The summed E-state index contributed by atoms with van der Waals surface area (Å²) in [6.45, 7) is 3.72. The summed E-state index contributed by atoms with van der Waals surface area (Å²) < 4.78 is 60.6. The van der Waals surface area contributed by atoms with E-state index in [2.05, 4.69) is 10.0 Å². The minimum absolute atomic E-state index is 0.0251. The van der Waals surface area contributed by atoms with Gasteiger partial charge in [-0.25, -0.2) is 21.9 Å². The van der Waals surface area contributed by atoms with Gasteiger partial charge in [0.15, 0.2) is 5.82 Å². The van der Waals surface area contributed by atoms with Gasteiger partial charge in [-0.1, -0.05) is 6.07 Å². The van der Waals surface area contributed by atoms with Crippen molar-refractivity contribution < 1.29 is 26.7 Å². The third-order valence-corrected chi connectivity index (χ3v) is 6.21. The van der Waals surface area contributed by atoms with Crippen LogP contribution in [-0.4, -0.2) is 33.1 Å². The molecule has 1 heterocycles. The predicted octanol–water partition coefficient (Wildman–Crippen LogP) is 2.98. The lowest BCUT2D eigenvalue weighted by atomic mass is 10.0. The Kier molecular flexibility index (Phi) is 5.51. The van der Waals surface area contributed by atoms with Crippen molar-refractivity contribution in [3.8, 4) is 0 Å². The zero-order chi connectivity index (χ0) is 20.5. The first kappa shape index (κ1) is 20.4. The lowest BCUT2D eigenvalue weighted by Gasteiger charge is -2.23. The summed E-state index contributed by atoms with van der Waals surface area (Å²) in [5.74, 6) is -2.32. The molecule has 1 saturated heterocycles. The molecule has 2 aromatic carbocycles. The van der Waals surface area contributed by atoms with Crippen LogP contribution in [0.25, 0.3) is 0 Å². The van der Waals surface area contributed by atoms with Gasteiger partial charge in [-0.3, -0.25) is 4.79 Å². The number of halogens is 2. The zero-order valence-electron chi connectivity index (χ0n) is 15.4. The zero-order valence-corrected chi connectivity index (χ0v) is 16.2. The molecule has 2 aromatic rings. The van der Waals surface area contributed by atoms with E-state index < -0.39 is 33.1 Å². The molecule has 0 aromatic heterocycles. The van der Waals surface area contributed by atoms with E-state index in [-0.39, 0.29) is 28.3 Å². The van der Waals surface area contributed by atoms with Gasteiger partial charge in [0.25, 0.3) is 5.91 Å². The number of ether oxygens (including phenoxy) is 1. The van der Waals surface area contributed by atoms with Gasteiger partial charge in [-0.05, 0) is 50.6 Å². The van der Waals surface area contributed by atoms with Crippen molar-refractivity contribution in [1.29, 1.82) is 0 Å². The van der Waals surface area contributed by atoms with Crippen LogP contribution in [0.3, 0.4) is 0 Å². The average molecular weight is 410 g/mol. The molecule has 3 rings (SSSR count). The molecule has 6 nitrogen and oxygen atoms in total. The maximum atomic E-state index is 14.1. The molecule has 2 N–H and O–H groups in total. The van der Waals surface area contributed by atoms with E-state index in [0.29, 0.717) is 13.0 Å². The highest BCUT2D eigenvalue weighted by Crippen LogP contribution is 2.23. The van der Waals surface area contributed by atoms with Crippen LogP contribution in [0.15, 0.2) is 41.3 Å². The first-order valence-corrected chi connectivity index (χ1v) is 10.1. The minimum atomic E-state index is -3.89. The quantitative estimate of drug-likeness (QED) is 0.794. The van der Waals surface area contributed by atoms with Crippen molar-refractivity contribution in [2.75, 3.05) is 18.5 Å². The number of hydrogen-bond acceptors (Lipinski definition) is 4. The molecular weight excluding hydrogens is 390 g/mol. The summed E-state index contributed by atoms with van der Waals surface area (Å²) in [4.78, 5) is 12.3. The van der Waals surface area contributed by atoms with Crippen LogP contribution in [0.5, 0.6) is 0 Å². The standard InChI is InChI=1S/C19H20F2N2O4S/c1-12-15(20)6-7-16(17(12)21)22-18(24)13-4-3-5-14(10-13)28(25,26)23-19(2)8-9-27-11-19/h3-7,10,23H,8-9,11H2,1-2H3,(H,22,24). The molecule has 0 saturated carbocycles. The summed E-state index contributed by atoms with van der Waals surface area (Å²) in [6.07, 6.45) is 0.537. The first-order chi connectivity index (χ1) is 13.1. The Morgan fingerprint density at radius 2 is 1.96 bits per heavy atom. The third-order valence-electron chi connectivity index (χ3n) is 4.57. The molecule has 0 aliphatic carbocycles. The number of hydrogen-bond donors (Lipinski definition) is 2. The Bertz CT molecular complexity index is 1020. The van der Waals surface area contributed by atoms with E-state index in [1.807, 2.05) is 0 Å². The second-order valence-corrected chi connectivity index (χ2v) is 8.67. The average Bonchev–Trinajstić information content (AvgIpc) is 3.07. The Morgan fingerprint density at radius 1 is 1.21 bits per heavy atom. The molecule has 1 aliphatic rings. The number of sulfonamides is 1. The molecule has 1 amide bonds. The van der Waals surface area contributed by atoms with E-state index >= 15 is 0 Å². The Labute approximate surface area is 162 Å². The van der Waals surface area contributed by atoms with Gasteiger partial charge < -0.3 is 10.1 Å². The van der Waals surface area contributed by atoms with Crippen molar-refractivity contribution >= 4 is 21.6 Å². The van der Waals surface area contributed by atoms with Gasteiger partial charge in [-0.2, -0.15) is 0 Å². The van der Waals surface area contributed by atoms with Gasteiger partial charge in [0.2, 0.25) is 10.0 Å². The number of nitrogens with one attached hydrogen (secondary N) is 2. The van der Waals surface area contributed by atoms with E-state index in [0.717, 1.165) is 12.1 Å². The molecule has 1 fully saturated rings. The van der Waals surface area contributed by atoms with E-state index in [1.165, 1.54) is 31.2 Å². The smallest absolute Gasteiger partial charge is 0.255 e. The molecule has 1 unspecified atom stereocenters. The number of carbonyl (C=O) groups excluding carboxylic acids is 1. The second-order valence-electron chi connectivity index (χ2n) is 6.98. The summed E-state index contributed by atoms with van der Waals surface area (Å²) >= 11 is 0. The highest BCUT2D eigenvalue weighted by atomic mass is 32.2. The maximum absolute atomic E-state index is 14.1. The summed E-state index contributed by atoms with van der Waals surface area (Å²) in [6, 6.07) is 7.54. The van der Waals surface area contributed by atoms with E-state index in [1.54, 1.807) is 6.92 Å². The van der Waals surface area contributed by atoms with Crippen LogP contribution in [0.4, 0.5) is 14.5 Å². The number of rotatable bonds is 5. The Hall–Kier alpha value is -2.36. The molecule has 0 spiro atoms. The summed E-state index contributed by atoms with van der Waals surface area (Å²) in [5, 5.41) is 2.34. The van der Waals surface area contributed by atoms with E-state index in [4.69, 9.17) is 4.74 Å². The van der Waals surface area contributed by atoms with Crippen LogP contribution < -0.4 is 10.0 Å². The molecular formula is C19H20F2N2O4S. The molecule has 0 radical (unpaired) electrons. The normalized spacial score (nSPS) is 19.6. The molecule has 150 valence electrons. The van der Waals surface area contributed by atoms with Crippen molar-refractivity contribution in [3.63, 3.8) is 0 Å². The lowest BCUT2D eigenvalue weighted by Crippen LogP contribution is -2.46. The van der Waals surface area contributed by atoms with Crippen LogP contribution in [-0.2, 0) is 14.8 Å². The van der Waals surface area contributed by atoms with Crippen LogP contribution >= 0.6 is 0 Å². The molecule has 1 aliphatic heterocycles. The summed E-state index contributed by atoms with van der Waals surface area (Å²) in [5.41, 5.74) is -1.10. The van der Waals surface area contributed by atoms with Crippen molar-refractivity contribution in [2.45, 2.75) is 30.7 Å². The topological polar surface area (TPSA) is 84.5 Å². The van der Waals surface area contributed by atoms with Gasteiger partial charge in [0.05, 0.1) is 22.7 Å². The largest absolute Gasteiger partial charge is 0.379 e. The number of anilines is 1. The lowest BCUT2D eigenvalue weighted by molar-refractivity contribution is 0.102. The second kappa shape index (κ2) is 7.57. The van der Waals surface area contributed by atoms with E-state index in [9.17, 15) is 22.0 Å². The highest BCUT2D eigenvalue weighted by molar-refractivity contribution is 7.89. The van der Waals surface area contributed by atoms with Crippen molar-refractivity contribution in [3.05, 3.63) is 59.2 Å². The Morgan fingerprint density at radius 3 is 2.64 bits per heavy atom. The number of benzene rings is 2. The highest BCUT2D eigenvalue weighted by Gasteiger charge is 2.34. The molecule has 9 heteroatoms. The fraction of sp³-hybridized carbons (Fsp3) is 0.316. The fourth-order valence-electron chi connectivity index (χ4n) is 2.89. The van der Waals surface area contributed by atoms with Gasteiger partial charge >= 0.3 is 0 Å². The van der Waals surface area contributed by atoms with Gasteiger partial charge in [-0.15, -0.1) is 0 Å². The maximum Gasteiger partial charge on any atom is 0.255 e. The number of amides is 1. The van der Waals surface area contributed by atoms with Gasteiger partial charge in [0.1, 0.15) is 5.82 Å². The van der Waals surface area contributed by atoms with Crippen LogP contribution in [0.1, 0.15) is 29.3 Å². The summed E-state index contributed by atoms with van der Waals surface area (Å²) in [7, 11) is -3.89. The Balaban J connectivity index is 1.83. The molecule has 1 atom stereocenters.